The first-order chi connectivity index (χ1) is 6.86. The summed E-state index contributed by atoms with van der Waals surface area (Å²) in [6.07, 6.45) is 1.90. The Morgan fingerprint density at radius 1 is 1.20 bits per heavy atom. The third-order valence-electron chi connectivity index (χ3n) is 1.53. The zero-order valence-corrected chi connectivity index (χ0v) is 10.8. The number of hydrogen-bond donors (Lipinski definition) is 3. The van der Waals surface area contributed by atoms with Gasteiger partial charge in [-0.05, 0) is 6.26 Å². The van der Waals surface area contributed by atoms with Crippen molar-refractivity contribution in [2.75, 3.05) is 17.8 Å². The van der Waals surface area contributed by atoms with Crippen LogP contribution in [0.1, 0.15) is 13.8 Å². The molecule has 0 radical (unpaired) electrons. The van der Waals surface area contributed by atoms with Gasteiger partial charge in [0.05, 0.1) is 11.8 Å². The SMILES string of the molecule is CC(CS)C(=O)O.CSCC(C)C(=O)O. The molecular weight excluding hydrogens is 236 g/mol. The molecule has 4 nitrogen and oxygen atoms in total. The van der Waals surface area contributed by atoms with Gasteiger partial charge in [0.1, 0.15) is 0 Å². The van der Waals surface area contributed by atoms with Crippen molar-refractivity contribution < 1.29 is 19.8 Å². The molecule has 0 bridgehead atoms. The highest BCUT2D eigenvalue weighted by molar-refractivity contribution is 7.98. The lowest BCUT2D eigenvalue weighted by molar-refractivity contribution is -0.141. The van der Waals surface area contributed by atoms with Crippen molar-refractivity contribution in [2.45, 2.75) is 13.8 Å². The average molecular weight is 254 g/mol. The summed E-state index contributed by atoms with van der Waals surface area (Å²) in [6.45, 7) is 3.33. The van der Waals surface area contributed by atoms with Crippen molar-refractivity contribution in [3.8, 4) is 0 Å². The lowest BCUT2D eigenvalue weighted by Crippen LogP contribution is -2.11. The quantitative estimate of drug-likeness (QED) is 0.651. The minimum atomic E-state index is -0.782. The summed E-state index contributed by atoms with van der Waals surface area (Å²) in [5, 5.41) is 16.4. The van der Waals surface area contributed by atoms with Gasteiger partial charge >= 0.3 is 11.9 Å². The molecule has 6 heteroatoms. The molecular formula is C9H18O4S2. The maximum absolute atomic E-state index is 10.1. The molecule has 0 rings (SSSR count). The van der Waals surface area contributed by atoms with E-state index in [4.69, 9.17) is 10.2 Å². The standard InChI is InChI=1S/C5H10O2S.C4H8O2S/c1-4(3-8-2)5(6)7;1-3(2-7)4(5)6/h4H,3H2,1-2H3,(H,6,7);3,7H,2H2,1H3,(H,5,6). The van der Waals surface area contributed by atoms with Crippen LogP contribution in [0.25, 0.3) is 0 Å². The zero-order chi connectivity index (χ0) is 12.4. The summed E-state index contributed by atoms with van der Waals surface area (Å²) < 4.78 is 0. The molecule has 2 unspecified atom stereocenters. The molecule has 0 saturated carbocycles. The Bertz CT molecular complexity index is 197. The highest BCUT2D eigenvalue weighted by Crippen LogP contribution is 2.02. The second-order valence-corrected chi connectivity index (χ2v) is 4.39. The number of aliphatic carboxylic acids is 2. The molecule has 0 aromatic rings. The number of thiol groups is 1. The Balaban J connectivity index is 0. The van der Waals surface area contributed by atoms with Gasteiger partial charge in [0.25, 0.3) is 0 Å². The van der Waals surface area contributed by atoms with Crippen LogP contribution in [0.4, 0.5) is 0 Å². The van der Waals surface area contributed by atoms with Gasteiger partial charge in [-0.15, -0.1) is 0 Å². The van der Waals surface area contributed by atoms with Crippen molar-refractivity contribution in [2.24, 2.45) is 11.8 Å². The van der Waals surface area contributed by atoms with Gasteiger partial charge in [-0.25, -0.2) is 0 Å². The second kappa shape index (κ2) is 10.2. The molecule has 0 aliphatic heterocycles. The van der Waals surface area contributed by atoms with Crippen molar-refractivity contribution in [1.29, 1.82) is 0 Å². The fourth-order valence-electron chi connectivity index (χ4n) is 0.399. The van der Waals surface area contributed by atoms with E-state index < -0.39 is 11.9 Å². The zero-order valence-electron chi connectivity index (χ0n) is 9.14. The van der Waals surface area contributed by atoms with E-state index in [2.05, 4.69) is 12.6 Å². The molecule has 2 N–H and O–H groups in total. The Morgan fingerprint density at radius 2 is 1.60 bits per heavy atom. The Hall–Kier alpha value is -0.360. The third-order valence-corrected chi connectivity index (χ3v) is 2.91. The highest BCUT2D eigenvalue weighted by Gasteiger charge is 2.07. The van der Waals surface area contributed by atoms with E-state index in [0.29, 0.717) is 11.5 Å². The van der Waals surface area contributed by atoms with Crippen LogP contribution in [0.2, 0.25) is 0 Å². The number of rotatable bonds is 5. The van der Waals surface area contributed by atoms with Crippen molar-refractivity contribution >= 4 is 36.3 Å². The predicted molar refractivity (Wildman–Crippen MR) is 65.8 cm³/mol. The van der Waals surface area contributed by atoms with Crippen molar-refractivity contribution in [3.05, 3.63) is 0 Å². The van der Waals surface area contributed by atoms with Gasteiger partial charge in [-0.1, -0.05) is 13.8 Å². The van der Waals surface area contributed by atoms with Crippen LogP contribution in [0.15, 0.2) is 0 Å². The van der Waals surface area contributed by atoms with Gasteiger partial charge in [0.15, 0.2) is 0 Å². The van der Waals surface area contributed by atoms with Gasteiger partial charge in [0, 0.05) is 11.5 Å². The minimum Gasteiger partial charge on any atom is -0.481 e. The Labute approximate surface area is 99.9 Å². The average Bonchev–Trinajstić information content (AvgIpc) is 2.17. The smallest absolute Gasteiger partial charge is 0.307 e. The van der Waals surface area contributed by atoms with Crippen LogP contribution in [-0.4, -0.2) is 39.9 Å². The maximum Gasteiger partial charge on any atom is 0.307 e. The molecule has 0 saturated heterocycles. The molecule has 0 aromatic carbocycles. The fourth-order valence-corrected chi connectivity index (χ4v) is 1.20. The van der Waals surface area contributed by atoms with Crippen LogP contribution in [0.5, 0.6) is 0 Å². The number of thioether (sulfide) groups is 1. The van der Waals surface area contributed by atoms with Gasteiger partial charge in [-0.3, -0.25) is 9.59 Å². The normalized spacial score (nSPS) is 13.3. The fraction of sp³-hybridized carbons (Fsp3) is 0.778. The Kier molecular flexibility index (Phi) is 11.6. The van der Waals surface area contributed by atoms with Crippen LogP contribution in [0, 0.1) is 11.8 Å². The van der Waals surface area contributed by atoms with Crippen LogP contribution in [-0.2, 0) is 9.59 Å². The van der Waals surface area contributed by atoms with E-state index in [9.17, 15) is 9.59 Å². The number of carboxylic acid groups (broad SMARTS) is 2. The lowest BCUT2D eigenvalue weighted by Gasteiger charge is -1.99. The van der Waals surface area contributed by atoms with E-state index in [1.165, 1.54) is 0 Å². The maximum atomic E-state index is 10.1. The van der Waals surface area contributed by atoms with E-state index in [0.717, 1.165) is 0 Å². The summed E-state index contributed by atoms with van der Waals surface area (Å²) in [4.78, 5) is 20.0. The summed E-state index contributed by atoms with van der Waals surface area (Å²) in [6, 6.07) is 0. The molecule has 0 aromatic heterocycles. The van der Waals surface area contributed by atoms with Gasteiger partial charge in [-0.2, -0.15) is 24.4 Å². The van der Waals surface area contributed by atoms with Crippen LogP contribution in [0.3, 0.4) is 0 Å². The first kappa shape index (κ1) is 17.0. The van der Waals surface area contributed by atoms with Gasteiger partial charge in [0.2, 0.25) is 0 Å². The van der Waals surface area contributed by atoms with Crippen LogP contribution < -0.4 is 0 Å². The summed E-state index contributed by atoms with van der Waals surface area (Å²) in [5.74, 6) is -0.896. The second-order valence-electron chi connectivity index (χ2n) is 3.12. The van der Waals surface area contributed by atoms with Gasteiger partial charge < -0.3 is 10.2 Å². The predicted octanol–water partition coefficient (Wildman–Crippen LogP) is 1.71. The van der Waals surface area contributed by atoms with E-state index in [-0.39, 0.29) is 11.8 Å². The number of hydrogen-bond acceptors (Lipinski definition) is 4. The van der Waals surface area contributed by atoms with E-state index in [1.54, 1.807) is 25.6 Å². The molecule has 0 fully saturated rings. The van der Waals surface area contributed by atoms with Crippen molar-refractivity contribution in [1.82, 2.24) is 0 Å². The van der Waals surface area contributed by atoms with E-state index >= 15 is 0 Å². The molecule has 0 amide bonds. The minimum absolute atomic E-state index is 0.204. The van der Waals surface area contributed by atoms with Crippen LogP contribution >= 0.6 is 24.4 Å². The first-order valence-electron chi connectivity index (χ1n) is 4.42. The molecule has 0 aliphatic carbocycles. The topological polar surface area (TPSA) is 74.6 Å². The lowest BCUT2D eigenvalue weighted by atomic mass is 10.2. The molecule has 2 atom stereocenters. The first-order valence-corrected chi connectivity index (χ1v) is 6.44. The molecule has 0 heterocycles. The monoisotopic (exact) mass is 254 g/mol. The summed E-state index contributed by atoms with van der Waals surface area (Å²) in [7, 11) is 0. The number of carbonyl (C=O) groups is 2. The summed E-state index contributed by atoms with van der Waals surface area (Å²) >= 11 is 5.33. The molecule has 90 valence electrons. The van der Waals surface area contributed by atoms with E-state index in [1.807, 2.05) is 6.26 Å². The highest BCUT2D eigenvalue weighted by atomic mass is 32.2. The molecule has 0 spiro atoms. The summed E-state index contributed by atoms with van der Waals surface area (Å²) in [5.41, 5.74) is 0. The van der Waals surface area contributed by atoms with Crippen molar-refractivity contribution in [3.63, 3.8) is 0 Å². The number of carboxylic acids is 2. The Morgan fingerprint density at radius 3 is 1.67 bits per heavy atom. The third kappa shape index (κ3) is 11.6. The molecule has 15 heavy (non-hydrogen) atoms. The largest absolute Gasteiger partial charge is 0.481 e. The molecule has 0 aliphatic rings.